The summed E-state index contributed by atoms with van der Waals surface area (Å²) in [5, 5.41) is 1.68. The molecule has 0 N–H and O–H groups in total. The maximum absolute atomic E-state index is 6.05. The van der Waals surface area contributed by atoms with Crippen LogP contribution in [0.15, 0.2) is 78.0 Å². The minimum atomic E-state index is 0.728. The maximum Gasteiger partial charge on any atom is 0.106 e. The number of thioether (sulfide) groups is 1. The van der Waals surface area contributed by atoms with Crippen molar-refractivity contribution in [3.63, 3.8) is 0 Å². The smallest absolute Gasteiger partial charge is 0.106 e. The molecule has 0 aliphatic rings. The largest absolute Gasteiger partial charge is 0.264 e. The summed E-state index contributed by atoms with van der Waals surface area (Å²) in [4.78, 5) is 9.09. The molecular formula is C20H17ClN2S. The van der Waals surface area contributed by atoms with E-state index in [1.165, 1.54) is 5.56 Å². The van der Waals surface area contributed by atoms with Gasteiger partial charge in [-0.2, -0.15) is 0 Å². The van der Waals surface area contributed by atoms with Crippen LogP contribution in [0.3, 0.4) is 0 Å². The molecule has 3 rings (SSSR count). The van der Waals surface area contributed by atoms with Gasteiger partial charge in [0.25, 0.3) is 0 Å². The number of hydrogen-bond donors (Lipinski definition) is 0. The molecule has 0 aliphatic carbocycles. The van der Waals surface area contributed by atoms with Crippen molar-refractivity contribution >= 4 is 34.1 Å². The number of rotatable bonds is 4. The van der Waals surface area contributed by atoms with Gasteiger partial charge in [-0.3, -0.25) is 4.98 Å². The summed E-state index contributed by atoms with van der Waals surface area (Å²) in [5.41, 5.74) is 4.28. The first-order valence-corrected chi connectivity index (χ1v) is 9.01. The number of aryl methyl sites for hydroxylation is 1. The highest BCUT2D eigenvalue weighted by Gasteiger charge is 2.07. The van der Waals surface area contributed by atoms with Crippen LogP contribution in [-0.2, 0) is 5.75 Å². The number of pyridine rings is 1. The summed E-state index contributed by atoms with van der Waals surface area (Å²) in [6.07, 6.45) is 3.62. The molecule has 0 aliphatic heterocycles. The van der Waals surface area contributed by atoms with Crippen LogP contribution in [0.1, 0.15) is 16.7 Å². The summed E-state index contributed by atoms with van der Waals surface area (Å²) in [7, 11) is 0. The lowest BCUT2D eigenvalue weighted by molar-refractivity contribution is 1.31. The molecule has 1 heterocycles. The van der Waals surface area contributed by atoms with Crippen molar-refractivity contribution in [3.05, 3.63) is 94.8 Å². The van der Waals surface area contributed by atoms with Crippen LogP contribution in [-0.4, -0.2) is 10.0 Å². The molecule has 120 valence electrons. The molecule has 0 atom stereocenters. The topological polar surface area (TPSA) is 25.2 Å². The van der Waals surface area contributed by atoms with E-state index < -0.39 is 0 Å². The van der Waals surface area contributed by atoms with E-state index in [0.29, 0.717) is 0 Å². The minimum Gasteiger partial charge on any atom is -0.264 e. The Morgan fingerprint density at radius 3 is 2.62 bits per heavy atom. The zero-order valence-corrected chi connectivity index (χ0v) is 14.9. The Morgan fingerprint density at radius 1 is 1.08 bits per heavy atom. The Kier molecular flexibility index (Phi) is 5.68. The van der Waals surface area contributed by atoms with Crippen molar-refractivity contribution < 1.29 is 0 Å². The molecule has 0 saturated heterocycles. The molecule has 2 nitrogen and oxygen atoms in total. The van der Waals surface area contributed by atoms with Gasteiger partial charge < -0.3 is 0 Å². The van der Waals surface area contributed by atoms with Crippen LogP contribution in [0.2, 0.25) is 5.02 Å². The van der Waals surface area contributed by atoms with Gasteiger partial charge in [0.2, 0.25) is 0 Å². The van der Waals surface area contributed by atoms with E-state index >= 15 is 0 Å². The summed E-state index contributed by atoms with van der Waals surface area (Å²) in [6, 6.07) is 20.1. The summed E-state index contributed by atoms with van der Waals surface area (Å²) in [6.45, 7) is 2.02. The van der Waals surface area contributed by atoms with Gasteiger partial charge in [-0.1, -0.05) is 41.9 Å². The number of aromatic nitrogens is 1. The van der Waals surface area contributed by atoms with Gasteiger partial charge in [-0.05, 0) is 48.4 Å². The predicted octanol–water partition coefficient (Wildman–Crippen LogP) is 6.06. The van der Waals surface area contributed by atoms with Gasteiger partial charge in [0.1, 0.15) is 5.04 Å². The van der Waals surface area contributed by atoms with Crippen molar-refractivity contribution in [1.82, 2.24) is 4.98 Å². The molecule has 0 unspecified atom stereocenters. The number of hydrogen-bond acceptors (Lipinski definition) is 3. The van der Waals surface area contributed by atoms with E-state index in [1.54, 1.807) is 18.0 Å². The summed E-state index contributed by atoms with van der Waals surface area (Å²) >= 11 is 7.76. The van der Waals surface area contributed by atoms with Gasteiger partial charge in [0, 0.05) is 28.7 Å². The number of nitrogens with zero attached hydrogens (tertiary/aromatic N) is 2. The summed E-state index contributed by atoms with van der Waals surface area (Å²) < 4.78 is 0. The summed E-state index contributed by atoms with van der Waals surface area (Å²) in [5.74, 6) is 0.862. The Hall–Kier alpha value is -2.10. The van der Waals surface area contributed by atoms with Crippen molar-refractivity contribution in [2.75, 3.05) is 0 Å². The fourth-order valence-corrected chi connectivity index (χ4v) is 3.42. The fraction of sp³-hybridized carbons (Fsp3) is 0.100. The van der Waals surface area contributed by atoms with E-state index in [2.05, 4.69) is 29.2 Å². The Balaban J connectivity index is 1.91. The Morgan fingerprint density at radius 2 is 1.92 bits per heavy atom. The van der Waals surface area contributed by atoms with Gasteiger partial charge in [0.15, 0.2) is 0 Å². The van der Waals surface area contributed by atoms with Crippen LogP contribution in [0.4, 0.5) is 5.69 Å². The van der Waals surface area contributed by atoms with Gasteiger partial charge in [-0.15, -0.1) is 11.8 Å². The second kappa shape index (κ2) is 8.13. The minimum absolute atomic E-state index is 0.728. The van der Waals surface area contributed by atoms with Crippen molar-refractivity contribution in [2.45, 2.75) is 12.7 Å². The maximum atomic E-state index is 6.05. The van der Waals surface area contributed by atoms with Crippen LogP contribution < -0.4 is 0 Å². The molecule has 4 heteroatoms. The van der Waals surface area contributed by atoms with Crippen molar-refractivity contribution in [1.29, 1.82) is 0 Å². The molecule has 0 saturated carbocycles. The van der Waals surface area contributed by atoms with Crippen LogP contribution >= 0.6 is 23.4 Å². The first-order valence-electron chi connectivity index (χ1n) is 7.64. The number of benzene rings is 2. The van der Waals surface area contributed by atoms with Gasteiger partial charge in [0.05, 0.1) is 5.69 Å². The highest BCUT2D eigenvalue weighted by molar-refractivity contribution is 8.13. The van der Waals surface area contributed by atoms with Crippen LogP contribution in [0.5, 0.6) is 0 Å². The molecular weight excluding hydrogens is 336 g/mol. The second-order valence-corrected chi connectivity index (χ2v) is 6.76. The molecule has 0 fully saturated rings. The van der Waals surface area contributed by atoms with Crippen molar-refractivity contribution in [3.8, 4) is 0 Å². The zero-order chi connectivity index (χ0) is 16.8. The molecule has 2 aromatic carbocycles. The van der Waals surface area contributed by atoms with Crippen LogP contribution in [0.25, 0.3) is 0 Å². The van der Waals surface area contributed by atoms with Gasteiger partial charge >= 0.3 is 0 Å². The highest BCUT2D eigenvalue weighted by atomic mass is 35.5. The third-order valence-electron chi connectivity index (χ3n) is 3.51. The molecule has 0 amide bonds. The van der Waals surface area contributed by atoms with E-state index in [1.807, 2.05) is 49.5 Å². The average Bonchev–Trinajstić information content (AvgIpc) is 2.62. The second-order valence-electron chi connectivity index (χ2n) is 5.36. The standard InChI is InChI=1S/C20H17ClN2S/c1-15-12-18(21)9-10-19(15)23-20(17-8-5-11-22-13-17)24-14-16-6-3-2-4-7-16/h2-13H,14H2,1H3. The molecule has 0 spiro atoms. The molecule has 0 bridgehead atoms. The quantitative estimate of drug-likeness (QED) is 0.421. The van der Waals surface area contributed by atoms with E-state index in [9.17, 15) is 0 Å². The molecule has 0 radical (unpaired) electrons. The SMILES string of the molecule is Cc1cc(Cl)ccc1N=C(SCc1ccccc1)c1cccnc1. The third kappa shape index (κ3) is 4.47. The number of halogens is 1. The zero-order valence-electron chi connectivity index (χ0n) is 13.3. The first kappa shape index (κ1) is 16.7. The average molecular weight is 353 g/mol. The normalized spacial score (nSPS) is 11.5. The lowest BCUT2D eigenvalue weighted by Crippen LogP contribution is -1.97. The molecule has 24 heavy (non-hydrogen) atoms. The monoisotopic (exact) mass is 352 g/mol. The fourth-order valence-electron chi connectivity index (χ4n) is 2.25. The first-order chi connectivity index (χ1) is 11.7. The Bertz CT molecular complexity index is 833. The molecule has 1 aromatic heterocycles. The Labute approximate surface area is 151 Å². The number of aliphatic imine (C=N–C) groups is 1. The lowest BCUT2D eigenvalue weighted by atomic mass is 10.2. The van der Waals surface area contributed by atoms with E-state index in [4.69, 9.17) is 16.6 Å². The predicted molar refractivity (Wildman–Crippen MR) is 104 cm³/mol. The lowest BCUT2D eigenvalue weighted by Gasteiger charge is -2.08. The van der Waals surface area contributed by atoms with Crippen LogP contribution in [0, 0.1) is 6.92 Å². The van der Waals surface area contributed by atoms with Crippen molar-refractivity contribution in [2.24, 2.45) is 4.99 Å². The molecule has 3 aromatic rings. The van der Waals surface area contributed by atoms with E-state index in [0.717, 1.165) is 32.6 Å². The highest BCUT2D eigenvalue weighted by Crippen LogP contribution is 2.27. The van der Waals surface area contributed by atoms with E-state index in [-0.39, 0.29) is 0 Å². The third-order valence-corrected chi connectivity index (χ3v) is 4.82. The van der Waals surface area contributed by atoms with Gasteiger partial charge in [-0.25, -0.2) is 4.99 Å².